The van der Waals surface area contributed by atoms with Gasteiger partial charge >= 0.3 is 0 Å². The first-order chi connectivity index (χ1) is 14.4. The minimum absolute atomic E-state index is 0.388. The number of rotatable bonds is 2. The zero-order valence-corrected chi connectivity index (χ0v) is 18.2. The Labute approximate surface area is 187 Å². The molecule has 1 aliphatic rings. The van der Waals surface area contributed by atoms with Crippen molar-refractivity contribution in [1.82, 2.24) is 15.0 Å². The number of Topliss-reactive ketones (excluding diaryl/α,β-unsaturated/α-hetero) is 2. The summed E-state index contributed by atoms with van der Waals surface area (Å²) >= 11 is 5.24. The first-order valence-electron chi connectivity index (χ1n) is 8.36. The second-order valence-corrected chi connectivity index (χ2v) is 7.29. The molecule has 1 aliphatic carbocycles. The summed E-state index contributed by atoms with van der Waals surface area (Å²) in [4.78, 5) is 38.0. The molecule has 2 N–H and O–H groups in total. The second kappa shape index (κ2) is 9.51. The molecule has 0 aliphatic heterocycles. The fourth-order valence-electron chi connectivity index (χ4n) is 2.38. The number of nitrogens with one attached hydrogen (secondary N) is 1. The van der Waals surface area contributed by atoms with Gasteiger partial charge in [-0.25, -0.2) is 15.0 Å². The van der Waals surface area contributed by atoms with Crippen LogP contribution in [0.1, 0.15) is 0 Å². The monoisotopic (exact) mass is 530 g/mol. The highest BCUT2D eigenvalue weighted by Crippen LogP contribution is 2.27. The van der Waals surface area contributed by atoms with Gasteiger partial charge in [0.1, 0.15) is 10.2 Å². The van der Waals surface area contributed by atoms with E-state index in [9.17, 15) is 14.7 Å². The molecule has 0 saturated heterocycles. The molecular weight excluding hydrogens is 520 g/mol. The van der Waals surface area contributed by atoms with Gasteiger partial charge in [-0.1, -0.05) is 12.1 Å². The first kappa shape index (κ1) is 21.5. The molecule has 150 valence electrons. The number of pyridine rings is 2. The van der Waals surface area contributed by atoms with Gasteiger partial charge in [0.05, 0.1) is 16.4 Å². The number of ketones is 2. The molecule has 4 rings (SSSR count). The number of aromatic nitrogens is 4. The SMILES string of the molecule is O=C1C(O)=C(Br)C(=O)C([O-])=C1Br.c1ccc(-c2ncc[nH+]c2-c2ccccn2)nc1. The molecule has 10 heteroatoms. The van der Waals surface area contributed by atoms with Crippen LogP contribution >= 0.6 is 31.9 Å². The lowest BCUT2D eigenvalue weighted by atomic mass is 10.1. The molecule has 0 atom stereocenters. The van der Waals surface area contributed by atoms with Gasteiger partial charge in [0.15, 0.2) is 23.4 Å². The molecule has 0 spiro atoms. The molecule has 3 heterocycles. The Kier molecular flexibility index (Phi) is 6.80. The van der Waals surface area contributed by atoms with Crippen molar-refractivity contribution in [2.24, 2.45) is 0 Å². The van der Waals surface area contributed by atoms with E-state index in [4.69, 9.17) is 5.11 Å². The molecule has 0 aromatic carbocycles. The van der Waals surface area contributed by atoms with E-state index < -0.39 is 27.6 Å². The first-order valence-corrected chi connectivity index (χ1v) is 9.94. The molecule has 8 nitrogen and oxygen atoms in total. The molecular formula is C20H12Br2N4O4. The van der Waals surface area contributed by atoms with E-state index in [0.29, 0.717) is 0 Å². The Morgan fingerprint density at radius 3 is 2.07 bits per heavy atom. The van der Waals surface area contributed by atoms with Gasteiger partial charge in [-0.2, -0.15) is 0 Å². The molecule has 30 heavy (non-hydrogen) atoms. The van der Waals surface area contributed by atoms with Gasteiger partial charge in [0, 0.05) is 12.4 Å². The van der Waals surface area contributed by atoms with Crippen LogP contribution in [-0.4, -0.2) is 31.6 Å². The summed E-state index contributed by atoms with van der Waals surface area (Å²) < 4.78 is -0.825. The van der Waals surface area contributed by atoms with Gasteiger partial charge in [0.25, 0.3) is 5.69 Å². The zero-order chi connectivity index (χ0) is 21.7. The van der Waals surface area contributed by atoms with Crippen LogP contribution in [0.15, 0.2) is 81.7 Å². The van der Waals surface area contributed by atoms with Gasteiger partial charge < -0.3 is 10.2 Å². The Morgan fingerprint density at radius 2 is 1.47 bits per heavy atom. The molecule has 0 saturated carbocycles. The van der Waals surface area contributed by atoms with E-state index >= 15 is 0 Å². The average Bonchev–Trinajstić information content (AvgIpc) is 2.82. The van der Waals surface area contributed by atoms with Crippen LogP contribution in [0.5, 0.6) is 0 Å². The smallest absolute Gasteiger partial charge is 0.257 e. The summed E-state index contributed by atoms with van der Waals surface area (Å²) in [5.74, 6) is -3.51. The summed E-state index contributed by atoms with van der Waals surface area (Å²) in [6, 6.07) is 11.5. The predicted molar refractivity (Wildman–Crippen MR) is 112 cm³/mol. The van der Waals surface area contributed by atoms with Crippen molar-refractivity contribution in [2.45, 2.75) is 0 Å². The van der Waals surface area contributed by atoms with Crippen LogP contribution in [0.4, 0.5) is 0 Å². The van der Waals surface area contributed by atoms with Crippen molar-refractivity contribution < 1.29 is 24.8 Å². The zero-order valence-electron chi connectivity index (χ0n) is 15.0. The Balaban J connectivity index is 0.000000187. The highest BCUT2D eigenvalue weighted by atomic mass is 79.9. The molecule has 0 amide bonds. The van der Waals surface area contributed by atoms with Gasteiger partial charge in [-0.05, 0) is 61.9 Å². The lowest BCUT2D eigenvalue weighted by Gasteiger charge is -2.17. The summed E-state index contributed by atoms with van der Waals surface area (Å²) in [6.07, 6.45) is 7.03. The molecule has 3 aromatic rings. The topological polar surface area (TPSA) is 130 Å². The fourth-order valence-corrected chi connectivity index (χ4v) is 3.11. The number of hydrogen-bond donors (Lipinski definition) is 1. The largest absolute Gasteiger partial charge is 0.869 e. The maximum absolute atomic E-state index is 10.9. The number of halogens is 2. The van der Waals surface area contributed by atoms with E-state index in [2.05, 4.69) is 51.8 Å². The number of aromatic amines is 1. The molecule has 0 fully saturated rings. The number of carbonyl (C=O) groups excluding carboxylic acids is 2. The summed E-state index contributed by atoms with van der Waals surface area (Å²) in [7, 11) is 0. The highest BCUT2D eigenvalue weighted by molar-refractivity contribution is 9.12. The van der Waals surface area contributed by atoms with E-state index in [1.165, 1.54) is 0 Å². The standard InChI is InChI=1S/C14H10N4.C6H2Br2O4/c1-3-7-15-11(5-1)13-14(18-10-9-17-13)12-6-2-4-8-16-12;7-1-3(9)5(11)2(8)6(12)4(1)10/h1-10H;9,12H. The highest BCUT2D eigenvalue weighted by Gasteiger charge is 2.27. The molecule has 0 radical (unpaired) electrons. The minimum Gasteiger partial charge on any atom is -0.869 e. The normalized spacial score (nSPS) is 13.8. The number of aliphatic hydroxyl groups excluding tert-OH is 1. The van der Waals surface area contributed by atoms with Crippen LogP contribution in [0.3, 0.4) is 0 Å². The Morgan fingerprint density at radius 1 is 0.833 bits per heavy atom. The number of aliphatic hydroxyl groups is 1. The second-order valence-electron chi connectivity index (χ2n) is 5.71. The third-order valence-corrected chi connectivity index (χ3v) is 5.25. The Bertz CT molecular complexity index is 1050. The van der Waals surface area contributed by atoms with Gasteiger partial charge in [-0.3, -0.25) is 14.6 Å². The summed E-state index contributed by atoms with van der Waals surface area (Å²) in [5, 5.41) is 19.8. The van der Waals surface area contributed by atoms with Crippen molar-refractivity contribution >= 4 is 43.4 Å². The Hall–Kier alpha value is -3.24. The van der Waals surface area contributed by atoms with Crippen LogP contribution in [0, 0.1) is 0 Å². The van der Waals surface area contributed by atoms with Crippen LogP contribution in [-0.2, 0) is 9.59 Å². The average molecular weight is 532 g/mol. The minimum atomic E-state index is -0.954. The van der Waals surface area contributed by atoms with E-state index in [1.807, 2.05) is 36.4 Å². The molecule has 0 bridgehead atoms. The lowest BCUT2D eigenvalue weighted by Crippen LogP contribution is -2.26. The van der Waals surface area contributed by atoms with Crippen molar-refractivity contribution in [3.63, 3.8) is 0 Å². The van der Waals surface area contributed by atoms with Crippen molar-refractivity contribution in [1.29, 1.82) is 0 Å². The third kappa shape index (κ3) is 4.50. The summed E-state index contributed by atoms with van der Waals surface area (Å²) in [6.45, 7) is 0. The number of nitrogens with zero attached hydrogens (tertiary/aromatic N) is 3. The van der Waals surface area contributed by atoms with E-state index in [0.717, 1.165) is 22.8 Å². The van der Waals surface area contributed by atoms with Gasteiger partial charge in [0.2, 0.25) is 5.78 Å². The van der Waals surface area contributed by atoms with Crippen LogP contribution in [0.2, 0.25) is 0 Å². The molecule has 3 aromatic heterocycles. The number of H-pyrrole nitrogens is 1. The predicted octanol–water partition coefficient (Wildman–Crippen LogP) is 2.29. The van der Waals surface area contributed by atoms with Crippen molar-refractivity contribution in [3.8, 4) is 22.8 Å². The number of allylic oxidation sites excluding steroid dienone is 2. The van der Waals surface area contributed by atoms with Crippen molar-refractivity contribution in [3.05, 3.63) is 81.7 Å². The van der Waals surface area contributed by atoms with E-state index in [-0.39, 0.29) is 4.48 Å². The number of hydrogen-bond acceptors (Lipinski definition) is 7. The maximum atomic E-state index is 10.9. The summed E-state index contributed by atoms with van der Waals surface area (Å²) in [5.41, 5.74) is 3.36. The fraction of sp³-hybridized carbons (Fsp3) is 0. The lowest BCUT2D eigenvalue weighted by molar-refractivity contribution is -0.365. The number of carbonyl (C=O) groups is 2. The third-order valence-electron chi connectivity index (χ3n) is 3.80. The van der Waals surface area contributed by atoms with E-state index in [1.54, 1.807) is 24.8 Å². The van der Waals surface area contributed by atoms with Gasteiger partial charge in [-0.15, -0.1) is 0 Å². The molecule has 0 unspecified atom stereocenters. The van der Waals surface area contributed by atoms with Crippen molar-refractivity contribution in [2.75, 3.05) is 0 Å². The van der Waals surface area contributed by atoms with Crippen LogP contribution < -0.4 is 10.1 Å². The quantitative estimate of drug-likeness (QED) is 0.502. The van der Waals surface area contributed by atoms with Crippen LogP contribution in [0.25, 0.3) is 22.8 Å². The maximum Gasteiger partial charge on any atom is 0.257 e.